The highest BCUT2D eigenvalue weighted by Crippen LogP contribution is 2.19. The van der Waals surface area contributed by atoms with Gasteiger partial charge in [-0.05, 0) is 32.7 Å². The first kappa shape index (κ1) is 20.8. The van der Waals surface area contributed by atoms with E-state index in [2.05, 4.69) is 5.32 Å². The van der Waals surface area contributed by atoms with E-state index >= 15 is 0 Å². The molecule has 23 heavy (non-hydrogen) atoms. The molecule has 0 atom stereocenters. The molecule has 0 aliphatic carbocycles. The van der Waals surface area contributed by atoms with Crippen molar-refractivity contribution >= 4 is 10.0 Å². The number of sulfonamides is 1. The molecule has 1 N–H and O–H groups in total. The van der Waals surface area contributed by atoms with Crippen LogP contribution >= 0.6 is 0 Å². The summed E-state index contributed by atoms with van der Waals surface area (Å²) < 4.78 is 41.5. The van der Waals surface area contributed by atoms with E-state index in [-0.39, 0.29) is 5.75 Å². The first-order chi connectivity index (χ1) is 11.1. The molecule has 1 fully saturated rings. The standard InChI is InChI=1S/C15H32N2O5S/c1-3-23(18,19)17-7-4-15(5-8-17)14-22-13-12-21-11-10-20-9-6-16-2/h15-16H,3-14H2,1-2H3. The minimum absolute atomic E-state index is 0.185. The summed E-state index contributed by atoms with van der Waals surface area (Å²) in [5.41, 5.74) is 0. The van der Waals surface area contributed by atoms with Gasteiger partial charge in [0, 0.05) is 26.2 Å². The third kappa shape index (κ3) is 8.97. The summed E-state index contributed by atoms with van der Waals surface area (Å²) >= 11 is 0. The number of likely N-dealkylation sites (N-methyl/N-ethyl adjacent to an activating group) is 1. The van der Waals surface area contributed by atoms with E-state index in [9.17, 15) is 8.42 Å². The van der Waals surface area contributed by atoms with Crippen molar-refractivity contribution < 1.29 is 22.6 Å². The quantitative estimate of drug-likeness (QED) is 0.481. The summed E-state index contributed by atoms with van der Waals surface area (Å²) in [5.74, 6) is 0.632. The topological polar surface area (TPSA) is 77.1 Å². The molecule has 0 amide bonds. The molecule has 138 valence electrons. The third-order valence-electron chi connectivity index (χ3n) is 3.93. The van der Waals surface area contributed by atoms with Crippen LogP contribution in [-0.2, 0) is 24.2 Å². The minimum atomic E-state index is -3.03. The van der Waals surface area contributed by atoms with Crippen LogP contribution in [-0.4, -0.2) is 84.8 Å². The fourth-order valence-corrected chi connectivity index (χ4v) is 3.53. The molecule has 1 aliphatic heterocycles. The smallest absolute Gasteiger partial charge is 0.213 e. The maximum absolute atomic E-state index is 11.8. The monoisotopic (exact) mass is 352 g/mol. The number of nitrogens with one attached hydrogen (secondary N) is 1. The SMILES string of the molecule is CCS(=O)(=O)N1CCC(COCCOCCOCCNC)CC1. The Hall–Kier alpha value is -0.250. The number of hydrogen-bond acceptors (Lipinski definition) is 6. The van der Waals surface area contributed by atoms with E-state index in [0.29, 0.717) is 58.6 Å². The first-order valence-corrected chi connectivity index (χ1v) is 10.1. The second-order valence-electron chi connectivity index (χ2n) is 5.65. The fraction of sp³-hybridized carbons (Fsp3) is 1.00. The number of hydrogen-bond donors (Lipinski definition) is 1. The first-order valence-electron chi connectivity index (χ1n) is 8.45. The molecular formula is C15H32N2O5S. The van der Waals surface area contributed by atoms with Gasteiger partial charge in [0.1, 0.15) is 0 Å². The van der Waals surface area contributed by atoms with Gasteiger partial charge in [-0.1, -0.05) is 0 Å². The Morgan fingerprint density at radius 1 is 1.00 bits per heavy atom. The van der Waals surface area contributed by atoms with E-state index in [1.54, 1.807) is 11.2 Å². The number of piperidine rings is 1. The van der Waals surface area contributed by atoms with E-state index in [1.165, 1.54) is 0 Å². The van der Waals surface area contributed by atoms with Crippen molar-refractivity contribution in [1.29, 1.82) is 0 Å². The van der Waals surface area contributed by atoms with Gasteiger partial charge in [-0.15, -0.1) is 0 Å². The van der Waals surface area contributed by atoms with E-state index < -0.39 is 10.0 Å². The maximum atomic E-state index is 11.8. The van der Waals surface area contributed by atoms with Crippen molar-refractivity contribution in [2.45, 2.75) is 19.8 Å². The van der Waals surface area contributed by atoms with Crippen molar-refractivity contribution in [2.75, 3.05) is 72.1 Å². The second kappa shape index (κ2) is 12.2. The molecular weight excluding hydrogens is 320 g/mol. The summed E-state index contributed by atoms with van der Waals surface area (Å²) in [6.07, 6.45) is 1.75. The highest BCUT2D eigenvalue weighted by atomic mass is 32.2. The Morgan fingerprint density at radius 2 is 1.57 bits per heavy atom. The zero-order valence-corrected chi connectivity index (χ0v) is 15.3. The van der Waals surface area contributed by atoms with Crippen LogP contribution in [0.5, 0.6) is 0 Å². The molecule has 0 spiro atoms. The Morgan fingerprint density at radius 3 is 2.13 bits per heavy atom. The highest BCUT2D eigenvalue weighted by Gasteiger charge is 2.26. The van der Waals surface area contributed by atoms with Gasteiger partial charge < -0.3 is 19.5 Å². The van der Waals surface area contributed by atoms with Gasteiger partial charge in [0.05, 0.1) is 38.8 Å². The molecule has 0 saturated carbocycles. The lowest BCUT2D eigenvalue weighted by Gasteiger charge is -2.30. The van der Waals surface area contributed by atoms with Crippen LogP contribution in [0.4, 0.5) is 0 Å². The van der Waals surface area contributed by atoms with Gasteiger partial charge in [0.15, 0.2) is 0 Å². The zero-order chi connectivity index (χ0) is 17.0. The molecule has 0 aromatic carbocycles. The predicted molar refractivity (Wildman–Crippen MR) is 90.1 cm³/mol. The van der Waals surface area contributed by atoms with Crippen LogP contribution in [0, 0.1) is 5.92 Å². The summed E-state index contributed by atoms with van der Waals surface area (Å²) in [7, 11) is -1.14. The number of ether oxygens (including phenoxy) is 3. The van der Waals surface area contributed by atoms with Crippen molar-refractivity contribution in [1.82, 2.24) is 9.62 Å². The van der Waals surface area contributed by atoms with Crippen molar-refractivity contribution in [3.05, 3.63) is 0 Å². The summed E-state index contributed by atoms with van der Waals surface area (Å²) in [4.78, 5) is 0. The maximum Gasteiger partial charge on any atom is 0.213 e. The van der Waals surface area contributed by atoms with Gasteiger partial charge in [-0.3, -0.25) is 0 Å². The number of nitrogens with zero attached hydrogens (tertiary/aromatic N) is 1. The summed E-state index contributed by atoms with van der Waals surface area (Å²) in [6, 6.07) is 0. The predicted octanol–water partition coefficient (Wildman–Crippen LogP) is 0.317. The Kier molecular flexibility index (Phi) is 11.0. The van der Waals surface area contributed by atoms with Gasteiger partial charge >= 0.3 is 0 Å². The van der Waals surface area contributed by atoms with Crippen LogP contribution in [0.25, 0.3) is 0 Å². The largest absolute Gasteiger partial charge is 0.379 e. The van der Waals surface area contributed by atoms with E-state index in [4.69, 9.17) is 14.2 Å². The summed E-state index contributed by atoms with van der Waals surface area (Å²) in [6.45, 7) is 7.48. The van der Waals surface area contributed by atoms with Crippen molar-refractivity contribution in [2.24, 2.45) is 5.92 Å². The van der Waals surface area contributed by atoms with Crippen molar-refractivity contribution in [3.8, 4) is 0 Å². The number of rotatable bonds is 13. The van der Waals surface area contributed by atoms with Crippen LogP contribution in [0.3, 0.4) is 0 Å². The molecule has 0 aromatic rings. The Labute approximate surface area is 140 Å². The average molecular weight is 352 g/mol. The Bertz CT molecular complexity index is 383. The van der Waals surface area contributed by atoms with Crippen molar-refractivity contribution in [3.63, 3.8) is 0 Å². The molecule has 1 aliphatic rings. The molecule has 0 aromatic heterocycles. The molecule has 8 heteroatoms. The van der Waals surface area contributed by atoms with Gasteiger partial charge in [-0.25, -0.2) is 12.7 Å². The van der Waals surface area contributed by atoms with E-state index in [1.807, 2.05) is 7.05 Å². The minimum Gasteiger partial charge on any atom is -0.379 e. The molecule has 7 nitrogen and oxygen atoms in total. The average Bonchev–Trinajstić information content (AvgIpc) is 2.57. The lowest BCUT2D eigenvalue weighted by atomic mass is 9.99. The molecule has 0 bridgehead atoms. The molecule has 1 heterocycles. The Balaban J connectivity index is 1.94. The zero-order valence-electron chi connectivity index (χ0n) is 14.5. The summed E-state index contributed by atoms with van der Waals surface area (Å²) in [5, 5.41) is 3.01. The highest BCUT2D eigenvalue weighted by molar-refractivity contribution is 7.89. The lowest BCUT2D eigenvalue weighted by Crippen LogP contribution is -2.40. The lowest BCUT2D eigenvalue weighted by molar-refractivity contribution is 0.00406. The molecule has 0 unspecified atom stereocenters. The molecule has 1 saturated heterocycles. The van der Waals surface area contributed by atoms with Crippen LogP contribution < -0.4 is 5.32 Å². The fourth-order valence-electron chi connectivity index (χ4n) is 2.40. The van der Waals surface area contributed by atoms with Crippen LogP contribution in [0.1, 0.15) is 19.8 Å². The third-order valence-corrected chi connectivity index (χ3v) is 5.81. The van der Waals surface area contributed by atoms with Crippen LogP contribution in [0.2, 0.25) is 0 Å². The second-order valence-corrected chi connectivity index (χ2v) is 7.90. The van der Waals surface area contributed by atoms with Gasteiger partial charge in [-0.2, -0.15) is 0 Å². The van der Waals surface area contributed by atoms with Gasteiger partial charge in [0.25, 0.3) is 0 Å². The normalized spacial score (nSPS) is 17.7. The van der Waals surface area contributed by atoms with Crippen LogP contribution in [0.15, 0.2) is 0 Å². The van der Waals surface area contributed by atoms with Gasteiger partial charge in [0.2, 0.25) is 10.0 Å². The molecule has 0 radical (unpaired) electrons. The molecule has 1 rings (SSSR count). The van der Waals surface area contributed by atoms with E-state index in [0.717, 1.165) is 19.4 Å².